The highest BCUT2D eigenvalue weighted by atomic mass is 15.1. The molecule has 1 aliphatic heterocycles. The summed E-state index contributed by atoms with van der Waals surface area (Å²) < 4.78 is 0. The number of hydrogen-bond donors (Lipinski definition) is 0. The van der Waals surface area contributed by atoms with E-state index in [2.05, 4.69) is 57.4 Å². The predicted octanol–water partition coefficient (Wildman–Crippen LogP) is 4.45. The van der Waals surface area contributed by atoms with Crippen LogP contribution in [0.3, 0.4) is 0 Å². The van der Waals surface area contributed by atoms with E-state index in [1.54, 1.807) is 6.33 Å². The van der Waals surface area contributed by atoms with Crippen LogP contribution < -0.4 is 0 Å². The van der Waals surface area contributed by atoms with E-state index in [4.69, 9.17) is 0 Å². The lowest BCUT2D eigenvalue weighted by Crippen LogP contribution is -2.33. The molecule has 0 amide bonds. The second-order valence-electron chi connectivity index (χ2n) is 7.11. The Hall–Kier alpha value is -2.26. The van der Waals surface area contributed by atoms with Crippen molar-refractivity contribution in [3.05, 3.63) is 72.3 Å². The molecular weight excluding hydrogens is 306 g/mol. The Kier molecular flexibility index (Phi) is 5.03. The summed E-state index contributed by atoms with van der Waals surface area (Å²) in [6, 6.07) is 10.8. The van der Waals surface area contributed by atoms with Crippen LogP contribution in [0.25, 0.3) is 11.1 Å². The van der Waals surface area contributed by atoms with Gasteiger partial charge in [-0.1, -0.05) is 42.5 Å². The maximum absolute atomic E-state index is 4.17. The summed E-state index contributed by atoms with van der Waals surface area (Å²) in [5.41, 5.74) is 5.50. The van der Waals surface area contributed by atoms with Crippen LogP contribution in [0.2, 0.25) is 0 Å². The van der Waals surface area contributed by atoms with Gasteiger partial charge in [0.1, 0.15) is 6.33 Å². The van der Waals surface area contributed by atoms with Crippen molar-refractivity contribution in [2.75, 3.05) is 19.6 Å². The number of hydrogen-bond acceptors (Lipinski definition) is 3. The topological polar surface area (TPSA) is 29.0 Å². The third kappa shape index (κ3) is 4.05. The number of aromatic nitrogens is 2. The molecule has 25 heavy (non-hydrogen) atoms. The molecule has 3 heteroatoms. The number of nitrogens with zero attached hydrogens (tertiary/aromatic N) is 3. The zero-order chi connectivity index (χ0) is 16.9. The van der Waals surface area contributed by atoms with E-state index < -0.39 is 0 Å². The van der Waals surface area contributed by atoms with Crippen LogP contribution in [0, 0.1) is 5.92 Å². The van der Waals surface area contributed by atoms with Crippen molar-refractivity contribution in [3.63, 3.8) is 0 Å². The molecule has 2 aliphatic rings. The van der Waals surface area contributed by atoms with Crippen molar-refractivity contribution in [1.29, 1.82) is 0 Å². The van der Waals surface area contributed by atoms with E-state index in [9.17, 15) is 0 Å². The Balaban J connectivity index is 1.35. The summed E-state index contributed by atoms with van der Waals surface area (Å²) in [4.78, 5) is 10.9. The molecule has 1 aromatic heterocycles. The zero-order valence-electron chi connectivity index (χ0n) is 14.6. The SMILES string of the molecule is C1=C(c2ccccc2)CCN(CC2CCC=C(c3cncnc3)C2)C1. The molecule has 0 saturated heterocycles. The van der Waals surface area contributed by atoms with E-state index in [1.807, 2.05) is 12.4 Å². The van der Waals surface area contributed by atoms with Crippen molar-refractivity contribution >= 4 is 11.1 Å². The van der Waals surface area contributed by atoms with Crippen LogP contribution in [0.4, 0.5) is 0 Å². The van der Waals surface area contributed by atoms with Crippen LogP contribution in [-0.4, -0.2) is 34.5 Å². The second-order valence-corrected chi connectivity index (χ2v) is 7.11. The molecule has 2 aromatic rings. The Labute approximate surface area is 150 Å². The largest absolute Gasteiger partial charge is 0.299 e. The summed E-state index contributed by atoms with van der Waals surface area (Å²) >= 11 is 0. The fraction of sp³-hybridized carbons (Fsp3) is 0.364. The van der Waals surface area contributed by atoms with E-state index in [-0.39, 0.29) is 0 Å². The maximum Gasteiger partial charge on any atom is 0.115 e. The normalized spacial score (nSPS) is 21.5. The summed E-state index contributed by atoms with van der Waals surface area (Å²) in [5.74, 6) is 0.742. The lowest BCUT2D eigenvalue weighted by molar-refractivity contribution is 0.244. The minimum absolute atomic E-state index is 0.742. The quantitative estimate of drug-likeness (QED) is 0.829. The van der Waals surface area contributed by atoms with E-state index in [0.717, 1.165) is 25.3 Å². The highest BCUT2D eigenvalue weighted by Gasteiger charge is 2.21. The first-order chi connectivity index (χ1) is 12.4. The van der Waals surface area contributed by atoms with Gasteiger partial charge in [-0.05, 0) is 48.3 Å². The molecule has 1 atom stereocenters. The molecule has 0 bridgehead atoms. The van der Waals surface area contributed by atoms with Crippen molar-refractivity contribution < 1.29 is 0 Å². The molecule has 0 fully saturated rings. The Bertz CT molecular complexity index is 749. The van der Waals surface area contributed by atoms with Crippen LogP contribution in [0.15, 0.2) is 61.2 Å². The fourth-order valence-electron chi connectivity index (χ4n) is 4.00. The third-order valence-corrected chi connectivity index (χ3v) is 5.36. The molecule has 0 saturated carbocycles. The molecule has 0 spiro atoms. The minimum atomic E-state index is 0.742. The first-order valence-electron chi connectivity index (χ1n) is 9.30. The summed E-state index contributed by atoms with van der Waals surface area (Å²) in [6.07, 6.45) is 15.1. The van der Waals surface area contributed by atoms with Gasteiger partial charge in [-0.25, -0.2) is 9.97 Å². The van der Waals surface area contributed by atoms with Gasteiger partial charge < -0.3 is 0 Å². The Morgan fingerprint density at radius 2 is 1.80 bits per heavy atom. The third-order valence-electron chi connectivity index (χ3n) is 5.36. The molecule has 3 nitrogen and oxygen atoms in total. The van der Waals surface area contributed by atoms with Gasteiger partial charge in [0, 0.05) is 37.6 Å². The van der Waals surface area contributed by atoms with E-state index in [1.165, 1.54) is 48.2 Å². The van der Waals surface area contributed by atoms with Crippen LogP contribution >= 0.6 is 0 Å². The molecule has 4 rings (SSSR count). The van der Waals surface area contributed by atoms with Crippen molar-refractivity contribution in [2.24, 2.45) is 5.92 Å². The van der Waals surface area contributed by atoms with Crippen molar-refractivity contribution in [2.45, 2.75) is 25.7 Å². The first-order valence-corrected chi connectivity index (χ1v) is 9.30. The van der Waals surface area contributed by atoms with E-state index >= 15 is 0 Å². The number of allylic oxidation sites excluding steroid dienone is 2. The van der Waals surface area contributed by atoms with Gasteiger partial charge in [0.15, 0.2) is 0 Å². The number of benzene rings is 1. The van der Waals surface area contributed by atoms with Gasteiger partial charge >= 0.3 is 0 Å². The highest BCUT2D eigenvalue weighted by molar-refractivity contribution is 5.66. The lowest BCUT2D eigenvalue weighted by Gasteiger charge is -2.32. The van der Waals surface area contributed by atoms with Gasteiger partial charge in [-0.3, -0.25) is 4.90 Å². The molecule has 2 heterocycles. The predicted molar refractivity (Wildman–Crippen MR) is 103 cm³/mol. The molecular formula is C22H25N3. The van der Waals surface area contributed by atoms with Gasteiger partial charge in [0.25, 0.3) is 0 Å². The average Bonchev–Trinajstić information content (AvgIpc) is 2.70. The molecule has 1 aliphatic carbocycles. The Morgan fingerprint density at radius 1 is 0.960 bits per heavy atom. The smallest absolute Gasteiger partial charge is 0.115 e. The average molecular weight is 331 g/mol. The molecule has 128 valence electrons. The molecule has 0 N–H and O–H groups in total. The lowest BCUT2D eigenvalue weighted by atomic mass is 9.85. The first kappa shape index (κ1) is 16.2. The van der Waals surface area contributed by atoms with E-state index in [0.29, 0.717) is 0 Å². The molecule has 1 aromatic carbocycles. The second kappa shape index (κ2) is 7.75. The Morgan fingerprint density at radius 3 is 2.56 bits per heavy atom. The van der Waals surface area contributed by atoms with Gasteiger partial charge in [-0.15, -0.1) is 0 Å². The minimum Gasteiger partial charge on any atom is -0.299 e. The number of rotatable bonds is 4. The van der Waals surface area contributed by atoms with Crippen LogP contribution in [0.5, 0.6) is 0 Å². The van der Waals surface area contributed by atoms with Gasteiger partial charge in [0.05, 0.1) is 0 Å². The molecule has 1 unspecified atom stereocenters. The highest BCUT2D eigenvalue weighted by Crippen LogP contribution is 2.31. The monoisotopic (exact) mass is 331 g/mol. The van der Waals surface area contributed by atoms with Crippen LogP contribution in [0.1, 0.15) is 36.8 Å². The van der Waals surface area contributed by atoms with Crippen molar-refractivity contribution in [3.8, 4) is 0 Å². The van der Waals surface area contributed by atoms with Crippen molar-refractivity contribution in [1.82, 2.24) is 14.9 Å². The molecule has 0 radical (unpaired) electrons. The zero-order valence-corrected chi connectivity index (χ0v) is 14.6. The summed E-state index contributed by atoms with van der Waals surface area (Å²) in [7, 11) is 0. The maximum atomic E-state index is 4.17. The summed E-state index contributed by atoms with van der Waals surface area (Å²) in [5, 5.41) is 0. The van der Waals surface area contributed by atoms with Gasteiger partial charge in [0.2, 0.25) is 0 Å². The van der Waals surface area contributed by atoms with Crippen LogP contribution in [-0.2, 0) is 0 Å². The standard InChI is InChI=1S/C22H25N3/c1-2-6-19(7-3-1)20-9-11-25(12-10-20)16-18-5-4-8-21(13-18)22-14-23-17-24-15-22/h1-3,6-9,14-15,17-18H,4-5,10-13,16H2. The van der Waals surface area contributed by atoms with Gasteiger partial charge in [-0.2, -0.15) is 0 Å². The fourth-order valence-corrected chi connectivity index (χ4v) is 4.00. The summed E-state index contributed by atoms with van der Waals surface area (Å²) in [6.45, 7) is 3.45.